The van der Waals surface area contributed by atoms with Gasteiger partial charge in [-0.15, -0.1) is 0 Å². The van der Waals surface area contributed by atoms with E-state index in [0.29, 0.717) is 19.3 Å². The summed E-state index contributed by atoms with van der Waals surface area (Å²) >= 11 is 0. The van der Waals surface area contributed by atoms with Crippen molar-refractivity contribution in [3.05, 3.63) is 85.1 Å². The molecule has 0 amide bonds. The second-order valence-electron chi connectivity index (χ2n) is 20.8. The van der Waals surface area contributed by atoms with Crippen LogP contribution in [0, 0.1) is 0 Å². The highest BCUT2D eigenvalue weighted by molar-refractivity contribution is 7.47. The average Bonchev–Trinajstić information content (AvgIpc) is 3.43. The molecule has 0 bridgehead atoms. The molecule has 2 N–H and O–H groups in total. The summed E-state index contributed by atoms with van der Waals surface area (Å²) in [7, 11) is -4.76. The number of rotatable bonds is 58. The highest BCUT2D eigenvalue weighted by atomic mass is 31.2. The van der Waals surface area contributed by atoms with Crippen molar-refractivity contribution in [1.29, 1.82) is 0 Å². The Morgan fingerprint density at radius 2 is 0.667 bits per heavy atom. The van der Waals surface area contributed by atoms with Crippen molar-refractivity contribution in [3.8, 4) is 0 Å². The first kappa shape index (κ1) is 74.7. The van der Waals surface area contributed by atoms with Gasteiger partial charge in [0.1, 0.15) is 12.7 Å². The van der Waals surface area contributed by atoms with E-state index in [9.17, 15) is 28.9 Å². The predicted molar refractivity (Wildman–Crippen MR) is 325 cm³/mol. The monoisotopic (exact) mass is 1110 g/mol. The number of esters is 3. The van der Waals surface area contributed by atoms with Crippen LogP contribution >= 0.6 is 7.82 Å². The molecule has 0 radical (unpaired) electrons. The van der Waals surface area contributed by atoms with E-state index in [4.69, 9.17) is 23.3 Å². The SMILES string of the molecule is CC/C=C\C/C=C\C/C=C\C/C=C\CCCCCCCCC(=O)OCC(COP(=O)(O)OCC(CO)OC(=O)CCCCCCC/C=C\CCCCCCCC)OC(=O)CCCCCCCCC/C=C\C/C=C\CCCCC. The largest absolute Gasteiger partial charge is 0.472 e. The highest BCUT2D eigenvalue weighted by Gasteiger charge is 2.28. The van der Waals surface area contributed by atoms with Gasteiger partial charge < -0.3 is 24.2 Å². The van der Waals surface area contributed by atoms with Crippen LogP contribution in [0.25, 0.3) is 0 Å². The second-order valence-corrected chi connectivity index (χ2v) is 22.3. The Hall–Kier alpha value is -3.34. The fourth-order valence-electron chi connectivity index (χ4n) is 8.49. The molecular formula is C66H115O11P. The van der Waals surface area contributed by atoms with E-state index in [1.807, 2.05) is 0 Å². The first-order valence-corrected chi connectivity index (χ1v) is 33.0. The van der Waals surface area contributed by atoms with Crippen LogP contribution in [0.2, 0.25) is 0 Å². The van der Waals surface area contributed by atoms with Gasteiger partial charge in [-0.05, 0) is 116 Å². The van der Waals surface area contributed by atoms with E-state index < -0.39 is 57.8 Å². The fraction of sp³-hybridized carbons (Fsp3) is 0.742. The molecule has 11 nitrogen and oxygen atoms in total. The van der Waals surface area contributed by atoms with Crippen molar-refractivity contribution in [3.63, 3.8) is 0 Å². The average molecular weight is 1120 g/mol. The first-order valence-electron chi connectivity index (χ1n) is 31.5. The lowest BCUT2D eigenvalue weighted by Crippen LogP contribution is -2.30. The lowest BCUT2D eigenvalue weighted by molar-refractivity contribution is -0.161. The molecule has 0 aliphatic rings. The summed E-state index contributed by atoms with van der Waals surface area (Å²) in [6.45, 7) is 4.49. The maximum absolute atomic E-state index is 12.9. The van der Waals surface area contributed by atoms with Crippen molar-refractivity contribution in [2.45, 2.75) is 290 Å². The Balaban J connectivity index is 4.75. The van der Waals surface area contributed by atoms with E-state index in [-0.39, 0.29) is 25.9 Å². The fourth-order valence-corrected chi connectivity index (χ4v) is 9.27. The Labute approximate surface area is 477 Å². The number of carbonyl (C=O) groups excluding carboxylic acids is 3. The van der Waals surface area contributed by atoms with Crippen molar-refractivity contribution >= 4 is 25.7 Å². The molecule has 0 heterocycles. The number of aliphatic hydroxyl groups excluding tert-OH is 1. The lowest BCUT2D eigenvalue weighted by atomic mass is 10.1. The molecule has 0 spiro atoms. The predicted octanol–water partition coefficient (Wildman–Crippen LogP) is 19.0. The molecule has 0 aliphatic carbocycles. The maximum Gasteiger partial charge on any atom is 0.472 e. The number of aliphatic hydroxyl groups is 1. The number of ether oxygens (including phenoxy) is 3. The Morgan fingerprint density at radius 1 is 0.372 bits per heavy atom. The van der Waals surface area contributed by atoms with E-state index in [1.54, 1.807) is 0 Å². The minimum absolute atomic E-state index is 0.152. The number of hydrogen-bond donors (Lipinski definition) is 2. The number of carbonyl (C=O) groups is 3. The molecule has 3 unspecified atom stereocenters. The van der Waals surface area contributed by atoms with Crippen LogP contribution in [-0.4, -0.2) is 66.5 Å². The van der Waals surface area contributed by atoms with Gasteiger partial charge in [0.05, 0.1) is 19.8 Å². The summed E-state index contributed by atoms with van der Waals surface area (Å²) in [5.41, 5.74) is 0. The van der Waals surface area contributed by atoms with Crippen molar-refractivity contribution in [2.75, 3.05) is 26.4 Å². The first-order chi connectivity index (χ1) is 38.2. The van der Waals surface area contributed by atoms with E-state index in [0.717, 1.165) is 141 Å². The van der Waals surface area contributed by atoms with E-state index in [1.165, 1.54) is 77.0 Å². The number of phosphoric acid groups is 1. The number of hydrogen-bond acceptors (Lipinski definition) is 10. The zero-order valence-corrected chi connectivity index (χ0v) is 50.8. The van der Waals surface area contributed by atoms with Gasteiger partial charge in [0, 0.05) is 19.3 Å². The number of unbranched alkanes of at least 4 members (excludes halogenated alkanes) is 27. The van der Waals surface area contributed by atoms with Gasteiger partial charge >= 0.3 is 25.7 Å². The van der Waals surface area contributed by atoms with E-state index in [2.05, 4.69) is 106 Å². The van der Waals surface area contributed by atoms with Crippen LogP contribution in [0.1, 0.15) is 278 Å². The number of phosphoric ester groups is 1. The van der Waals surface area contributed by atoms with Crippen LogP contribution < -0.4 is 0 Å². The Bertz CT molecular complexity index is 1630. The van der Waals surface area contributed by atoms with Gasteiger partial charge in [-0.25, -0.2) is 4.57 Å². The van der Waals surface area contributed by atoms with Crippen molar-refractivity contribution in [2.24, 2.45) is 0 Å². The van der Waals surface area contributed by atoms with Crippen molar-refractivity contribution in [1.82, 2.24) is 0 Å². The summed E-state index contributed by atoms with van der Waals surface area (Å²) in [5, 5.41) is 9.84. The van der Waals surface area contributed by atoms with Gasteiger partial charge in [-0.2, -0.15) is 0 Å². The van der Waals surface area contributed by atoms with Gasteiger partial charge in [0.2, 0.25) is 0 Å². The van der Waals surface area contributed by atoms with Crippen molar-refractivity contribution < 1.29 is 52.2 Å². The van der Waals surface area contributed by atoms with Crippen LogP contribution in [0.3, 0.4) is 0 Å². The second kappa shape index (κ2) is 59.8. The molecule has 78 heavy (non-hydrogen) atoms. The third-order valence-electron chi connectivity index (χ3n) is 13.3. The number of allylic oxidation sites excluding steroid dienone is 14. The van der Waals surface area contributed by atoms with Gasteiger partial charge in [-0.3, -0.25) is 23.4 Å². The molecule has 0 aromatic carbocycles. The zero-order valence-electron chi connectivity index (χ0n) is 49.9. The summed E-state index contributed by atoms with van der Waals surface area (Å²) in [4.78, 5) is 48.7. The maximum atomic E-state index is 12.9. The third kappa shape index (κ3) is 57.3. The molecule has 0 fully saturated rings. The third-order valence-corrected chi connectivity index (χ3v) is 14.2. The molecular weight excluding hydrogens is 1000 g/mol. The Morgan fingerprint density at radius 3 is 1.06 bits per heavy atom. The molecule has 450 valence electrons. The molecule has 0 aromatic heterocycles. The molecule has 0 rings (SSSR count). The summed E-state index contributed by atoms with van der Waals surface area (Å²) in [6.07, 6.45) is 69.5. The van der Waals surface area contributed by atoms with Gasteiger partial charge in [-0.1, -0.05) is 228 Å². The standard InChI is InChI=1S/C66H115O11P/c1-4-7-10-13-16-19-22-25-28-30-31-33-35-37-40-43-46-49-52-55-64(68)73-59-63(77-66(70)57-54-51-48-45-42-39-36-32-29-26-23-20-17-14-11-8-5-2)61-75-78(71,72)74-60-62(58-67)76-65(69)56-53-50-47-44-41-38-34-27-24-21-18-15-12-9-6-3/h7,10,16-17,19-20,25-29,31,33-34,62-63,67H,4-6,8-9,11-15,18,21-24,30,32,35-61H2,1-3H3,(H,71,72)/b10-7-,19-16-,20-17-,28-25-,29-26-,33-31-,34-27-. The van der Waals surface area contributed by atoms with Gasteiger partial charge in [0.15, 0.2) is 6.10 Å². The van der Waals surface area contributed by atoms with Crippen LogP contribution in [0.4, 0.5) is 0 Å². The summed E-state index contributed by atoms with van der Waals surface area (Å²) < 4.78 is 39.6. The summed E-state index contributed by atoms with van der Waals surface area (Å²) in [5.74, 6) is -1.49. The smallest absolute Gasteiger partial charge is 0.462 e. The highest BCUT2D eigenvalue weighted by Crippen LogP contribution is 2.43. The normalized spacial score (nSPS) is 13.9. The molecule has 0 aromatic rings. The topological polar surface area (TPSA) is 155 Å². The van der Waals surface area contributed by atoms with Crippen LogP contribution in [0.15, 0.2) is 85.1 Å². The minimum atomic E-state index is -4.76. The van der Waals surface area contributed by atoms with Gasteiger partial charge in [0.25, 0.3) is 0 Å². The molecule has 0 saturated heterocycles. The lowest BCUT2D eigenvalue weighted by Gasteiger charge is -2.21. The summed E-state index contributed by atoms with van der Waals surface area (Å²) in [6, 6.07) is 0. The Kier molecular flexibility index (Phi) is 57.2. The quantitative estimate of drug-likeness (QED) is 0.0197. The molecule has 3 atom stereocenters. The molecule has 0 aliphatic heterocycles. The van der Waals surface area contributed by atoms with Crippen LogP contribution in [-0.2, 0) is 42.2 Å². The molecule has 0 saturated carbocycles. The zero-order chi connectivity index (χ0) is 56.9. The minimum Gasteiger partial charge on any atom is -0.462 e. The molecule has 12 heteroatoms. The van der Waals surface area contributed by atoms with E-state index >= 15 is 0 Å². The van der Waals surface area contributed by atoms with Crippen LogP contribution in [0.5, 0.6) is 0 Å².